The Balaban J connectivity index is 2.24. The quantitative estimate of drug-likeness (QED) is 0.837. The highest BCUT2D eigenvalue weighted by Gasteiger charge is 2.24. The third-order valence-corrected chi connectivity index (χ3v) is 5.99. The fourth-order valence-corrected chi connectivity index (χ4v) is 4.18. The van der Waals surface area contributed by atoms with E-state index in [1.165, 1.54) is 23.5 Å². The molecule has 0 bridgehead atoms. The maximum atomic E-state index is 13.5. The number of aryl methyl sites for hydroxylation is 1. The van der Waals surface area contributed by atoms with Crippen LogP contribution in [-0.2, 0) is 10.0 Å². The van der Waals surface area contributed by atoms with E-state index in [0.29, 0.717) is 15.6 Å². The Labute approximate surface area is 144 Å². The number of nitrogens with zero attached hydrogens (tertiary/aromatic N) is 1. The topological polar surface area (TPSA) is 63.4 Å². The van der Waals surface area contributed by atoms with Gasteiger partial charge in [0.15, 0.2) is 0 Å². The fourth-order valence-electron chi connectivity index (χ4n) is 2.28. The Morgan fingerprint density at radius 3 is 2.52 bits per heavy atom. The van der Waals surface area contributed by atoms with Gasteiger partial charge in [-0.3, -0.25) is 0 Å². The van der Waals surface area contributed by atoms with E-state index >= 15 is 0 Å². The highest BCUT2D eigenvalue weighted by atomic mass is 79.9. The van der Waals surface area contributed by atoms with Crippen LogP contribution >= 0.6 is 15.9 Å². The number of nitrogens with two attached hydrogens (primary N) is 1. The predicted molar refractivity (Wildman–Crippen MR) is 92.0 cm³/mol. The van der Waals surface area contributed by atoms with Crippen LogP contribution in [0.2, 0.25) is 0 Å². The molecule has 0 fully saturated rings. The van der Waals surface area contributed by atoms with Crippen molar-refractivity contribution < 1.29 is 12.8 Å². The maximum absolute atomic E-state index is 13.5. The summed E-state index contributed by atoms with van der Waals surface area (Å²) >= 11 is 3.21. The van der Waals surface area contributed by atoms with Crippen molar-refractivity contribution in [2.45, 2.75) is 17.9 Å². The van der Waals surface area contributed by atoms with Gasteiger partial charge in [-0.25, -0.2) is 12.8 Å². The molecule has 0 unspecified atom stereocenters. The second kappa shape index (κ2) is 7.09. The number of halogens is 2. The van der Waals surface area contributed by atoms with Crippen molar-refractivity contribution in [1.82, 2.24) is 4.31 Å². The first-order chi connectivity index (χ1) is 10.7. The van der Waals surface area contributed by atoms with Crippen LogP contribution in [0, 0.1) is 12.7 Å². The lowest BCUT2D eigenvalue weighted by Gasteiger charge is -2.22. The first-order valence-electron chi connectivity index (χ1n) is 6.95. The van der Waals surface area contributed by atoms with Gasteiger partial charge in [0.25, 0.3) is 0 Å². The number of sulfonamides is 1. The van der Waals surface area contributed by atoms with Crippen LogP contribution in [0.15, 0.2) is 51.8 Å². The van der Waals surface area contributed by atoms with Gasteiger partial charge in [-0.15, -0.1) is 0 Å². The van der Waals surface area contributed by atoms with Crippen LogP contribution in [0.4, 0.5) is 4.39 Å². The Morgan fingerprint density at radius 1 is 1.26 bits per heavy atom. The zero-order valence-electron chi connectivity index (χ0n) is 12.8. The summed E-state index contributed by atoms with van der Waals surface area (Å²) in [6.45, 7) is 1.79. The van der Waals surface area contributed by atoms with Crippen LogP contribution in [-0.4, -0.2) is 26.3 Å². The summed E-state index contributed by atoms with van der Waals surface area (Å²) in [5, 5.41) is 0. The molecule has 0 aliphatic carbocycles. The van der Waals surface area contributed by atoms with E-state index in [1.54, 1.807) is 37.3 Å². The molecule has 0 aliphatic heterocycles. The molecule has 1 atom stereocenters. The molecule has 23 heavy (non-hydrogen) atoms. The summed E-state index contributed by atoms with van der Waals surface area (Å²) in [6.07, 6.45) is 0. The average Bonchev–Trinajstić information content (AvgIpc) is 2.46. The minimum atomic E-state index is -3.65. The van der Waals surface area contributed by atoms with E-state index in [2.05, 4.69) is 15.9 Å². The molecule has 2 aromatic carbocycles. The van der Waals surface area contributed by atoms with Crippen molar-refractivity contribution >= 4 is 26.0 Å². The van der Waals surface area contributed by atoms with Crippen molar-refractivity contribution in [2.24, 2.45) is 5.73 Å². The molecule has 0 aromatic heterocycles. The van der Waals surface area contributed by atoms with Gasteiger partial charge in [0, 0.05) is 24.1 Å². The lowest BCUT2D eigenvalue weighted by atomic mass is 10.1. The van der Waals surface area contributed by atoms with Gasteiger partial charge in [-0.2, -0.15) is 4.31 Å². The predicted octanol–water partition coefficient (Wildman–Crippen LogP) is 3.22. The minimum Gasteiger partial charge on any atom is -0.323 e. The summed E-state index contributed by atoms with van der Waals surface area (Å²) in [5.41, 5.74) is 7.25. The van der Waals surface area contributed by atoms with Crippen molar-refractivity contribution in [3.63, 3.8) is 0 Å². The maximum Gasteiger partial charge on any atom is 0.243 e. The van der Waals surface area contributed by atoms with Crippen LogP contribution in [0.3, 0.4) is 0 Å². The first kappa shape index (κ1) is 18.1. The van der Waals surface area contributed by atoms with Crippen molar-refractivity contribution in [3.8, 4) is 0 Å². The van der Waals surface area contributed by atoms with Crippen LogP contribution in [0.1, 0.15) is 17.2 Å². The lowest BCUT2D eigenvalue weighted by Crippen LogP contribution is -2.34. The van der Waals surface area contributed by atoms with Gasteiger partial charge in [-0.05, 0) is 42.3 Å². The molecule has 0 saturated carbocycles. The van der Waals surface area contributed by atoms with Gasteiger partial charge < -0.3 is 5.73 Å². The fraction of sp³-hybridized carbons (Fsp3) is 0.250. The Hall–Kier alpha value is -1.28. The van der Waals surface area contributed by atoms with E-state index in [0.717, 1.165) is 0 Å². The monoisotopic (exact) mass is 400 g/mol. The highest BCUT2D eigenvalue weighted by Crippen LogP contribution is 2.23. The molecular weight excluding hydrogens is 383 g/mol. The summed E-state index contributed by atoms with van der Waals surface area (Å²) in [6, 6.07) is 10.4. The van der Waals surface area contributed by atoms with Crippen molar-refractivity contribution in [1.29, 1.82) is 0 Å². The first-order valence-corrected chi connectivity index (χ1v) is 9.18. The van der Waals surface area contributed by atoms with Gasteiger partial charge in [0.05, 0.1) is 4.90 Å². The van der Waals surface area contributed by atoms with Crippen LogP contribution in [0.25, 0.3) is 0 Å². The number of rotatable bonds is 5. The molecule has 4 nitrogen and oxygen atoms in total. The Morgan fingerprint density at radius 2 is 1.91 bits per heavy atom. The second-order valence-electron chi connectivity index (χ2n) is 5.36. The molecule has 0 saturated heterocycles. The highest BCUT2D eigenvalue weighted by molar-refractivity contribution is 9.10. The van der Waals surface area contributed by atoms with Gasteiger partial charge in [0.2, 0.25) is 10.0 Å². The Bertz CT molecular complexity index is 791. The average molecular weight is 401 g/mol. The summed E-state index contributed by atoms with van der Waals surface area (Å²) in [7, 11) is -2.18. The van der Waals surface area contributed by atoms with Gasteiger partial charge in [0.1, 0.15) is 5.82 Å². The third-order valence-electron chi connectivity index (χ3n) is 3.55. The third kappa shape index (κ3) is 4.17. The summed E-state index contributed by atoms with van der Waals surface area (Å²) < 4.78 is 40.5. The van der Waals surface area contributed by atoms with Crippen LogP contribution in [0.5, 0.6) is 0 Å². The number of hydrogen-bond donors (Lipinski definition) is 1. The molecule has 0 radical (unpaired) electrons. The van der Waals surface area contributed by atoms with E-state index < -0.39 is 21.9 Å². The van der Waals surface area contributed by atoms with E-state index in [-0.39, 0.29) is 11.4 Å². The molecule has 124 valence electrons. The molecule has 0 aliphatic rings. The van der Waals surface area contributed by atoms with Gasteiger partial charge >= 0.3 is 0 Å². The molecule has 0 heterocycles. The van der Waals surface area contributed by atoms with Gasteiger partial charge in [-0.1, -0.05) is 34.1 Å². The largest absolute Gasteiger partial charge is 0.323 e. The van der Waals surface area contributed by atoms with E-state index in [1.807, 2.05) is 0 Å². The lowest BCUT2D eigenvalue weighted by molar-refractivity contribution is 0.439. The summed E-state index contributed by atoms with van der Waals surface area (Å²) in [4.78, 5) is 0.245. The van der Waals surface area contributed by atoms with E-state index in [9.17, 15) is 12.8 Å². The normalized spacial score (nSPS) is 13.3. The zero-order valence-corrected chi connectivity index (χ0v) is 15.2. The zero-order chi connectivity index (χ0) is 17.2. The standard InChI is InChI=1S/C16H18BrFN2O2S/c1-11-5-3-4-6-16(11)23(21,22)20(2)10-15(19)12-7-13(17)9-14(18)8-12/h3-9,15H,10,19H2,1-2H3/t15-/m1/s1. The number of likely N-dealkylation sites (N-methyl/N-ethyl adjacent to an activating group) is 1. The molecule has 0 amide bonds. The summed E-state index contributed by atoms with van der Waals surface area (Å²) in [5.74, 6) is -0.422. The molecule has 7 heteroatoms. The van der Waals surface area contributed by atoms with Crippen LogP contribution < -0.4 is 5.73 Å². The molecular formula is C16H18BrFN2O2S. The van der Waals surface area contributed by atoms with Crippen molar-refractivity contribution in [2.75, 3.05) is 13.6 Å². The molecule has 2 rings (SSSR count). The number of hydrogen-bond acceptors (Lipinski definition) is 3. The number of benzene rings is 2. The molecule has 2 N–H and O–H groups in total. The van der Waals surface area contributed by atoms with E-state index in [4.69, 9.17) is 5.73 Å². The SMILES string of the molecule is Cc1ccccc1S(=O)(=O)N(C)C[C@@H](N)c1cc(F)cc(Br)c1. The smallest absolute Gasteiger partial charge is 0.243 e. The Kier molecular flexibility index (Phi) is 5.57. The second-order valence-corrected chi connectivity index (χ2v) is 8.29. The molecule has 0 spiro atoms. The molecule has 2 aromatic rings. The minimum absolute atomic E-state index is 0.0482. The van der Waals surface area contributed by atoms with Crippen molar-refractivity contribution in [3.05, 3.63) is 63.9 Å².